The van der Waals surface area contributed by atoms with Gasteiger partial charge in [-0.1, -0.05) is 6.07 Å². The van der Waals surface area contributed by atoms with Crippen LogP contribution in [0.25, 0.3) is 0 Å². The molecule has 0 spiro atoms. The molecule has 3 heterocycles. The lowest BCUT2D eigenvalue weighted by Crippen LogP contribution is -2.39. The minimum atomic E-state index is -0.294. The minimum Gasteiger partial charge on any atom is -0.493 e. The lowest BCUT2D eigenvalue weighted by molar-refractivity contribution is 0.0879. The number of hydrogen-bond donors (Lipinski definition) is 1. The van der Waals surface area contributed by atoms with Crippen molar-refractivity contribution in [1.29, 1.82) is 0 Å². The van der Waals surface area contributed by atoms with Gasteiger partial charge in [0.25, 0.3) is 11.8 Å². The average Bonchev–Trinajstić information content (AvgIpc) is 2.97. The first-order valence-corrected chi connectivity index (χ1v) is 9.10. The molecule has 0 aliphatic carbocycles. The van der Waals surface area contributed by atoms with Crippen LogP contribution in [0.15, 0.2) is 24.3 Å². The molecule has 3 aliphatic rings. The highest BCUT2D eigenvalue weighted by atomic mass is 16.5. The quantitative estimate of drug-likeness (QED) is 0.828. The number of nitrogens with one attached hydrogen (secondary N) is 1. The molecule has 2 amide bonds. The number of rotatable bonds is 2. The summed E-state index contributed by atoms with van der Waals surface area (Å²) in [5.74, 6) is 0.974. The van der Waals surface area contributed by atoms with Gasteiger partial charge >= 0.3 is 0 Å². The van der Waals surface area contributed by atoms with Crippen LogP contribution in [0.5, 0.6) is 11.5 Å². The van der Waals surface area contributed by atoms with Crippen LogP contribution < -0.4 is 14.8 Å². The molecule has 6 nitrogen and oxygen atoms in total. The summed E-state index contributed by atoms with van der Waals surface area (Å²) < 4.78 is 11.1. The highest BCUT2D eigenvalue weighted by Crippen LogP contribution is 2.44. The Labute approximate surface area is 157 Å². The van der Waals surface area contributed by atoms with E-state index in [0.29, 0.717) is 11.1 Å². The van der Waals surface area contributed by atoms with Crippen LogP contribution in [0.2, 0.25) is 0 Å². The number of amides is 2. The van der Waals surface area contributed by atoms with E-state index in [0.717, 1.165) is 43.0 Å². The zero-order chi connectivity index (χ0) is 18.7. The third kappa shape index (κ3) is 2.29. The Bertz CT molecular complexity index is 998. The monoisotopic (exact) mass is 364 g/mol. The largest absolute Gasteiger partial charge is 0.493 e. The van der Waals surface area contributed by atoms with Gasteiger partial charge in [0, 0.05) is 24.7 Å². The van der Waals surface area contributed by atoms with Gasteiger partial charge in [-0.15, -0.1) is 0 Å². The fraction of sp³-hybridized carbons (Fsp3) is 0.333. The zero-order valence-corrected chi connectivity index (χ0v) is 15.3. The Morgan fingerprint density at radius 1 is 1.04 bits per heavy atom. The van der Waals surface area contributed by atoms with Crippen molar-refractivity contribution >= 4 is 11.8 Å². The normalized spacial score (nSPS) is 20.3. The molecule has 3 aliphatic heterocycles. The molecule has 0 bridgehead atoms. The number of methoxy groups -OCH3 is 2. The molecule has 0 fully saturated rings. The van der Waals surface area contributed by atoms with E-state index in [1.165, 1.54) is 16.7 Å². The summed E-state index contributed by atoms with van der Waals surface area (Å²) in [6.07, 6.45) is 1.71. The Balaban J connectivity index is 1.59. The second kappa shape index (κ2) is 5.82. The summed E-state index contributed by atoms with van der Waals surface area (Å²) in [6.45, 7) is 1.69. The summed E-state index contributed by atoms with van der Waals surface area (Å²) in [6, 6.07) is 8.09. The second-order valence-electron chi connectivity index (χ2n) is 7.26. The van der Waals surface area contributed by atoms with Gasteiger partial charge in [-0.3, -0.25) is 19.8 Å². The molecular weight excluding hydrogens is 344 g/mol. The first kappa shape index (κ1) is 16.3. The van der Waals surface area contributed by atoms with Crippen molar-refractivity contribution in [3.05, 3.63) is 57.6 Å². The minimum absolute atomic E-state index is 0.202. The lowest BCUT2D eigenvalue weighted by Gasteiger charge is -2.42. The summed E-state index contributed by atoms with van der Waals surface area (Å²) in [5, 5.41) is 2.40. The van der Waals surface area contributed by atoms with E-state index in [1.807, 2.05) is 18.2 Å². The molecule has 0 aromatic heterocycles. The number of carbonyl (C=O) groups is 2. The summed E-state index contributed by atoms with van der Waals surface area (Å²) in [7, 11) is 3.33. The Morgan fingerprint density at radius 2 is 1.81 bits per heavy atom. The molecule has 2 aromatic carbocycles. The SMILES string of the molecule is COc1ccc2c(c1OC)CN1CCc3cc4c(cc3C1C2)C(=O)NC4=O. The third-order valence-electron chi connectivity index (χ3n) is 5.98. The topological polar surface area (TPSA) is 67.9 Å². The lowest BCUT2D eigenvalue weighted by atomic mass is 9.82. The van der Waals surface area contributed by atoms with Crippen molar-refractivity contribution < 1.29 is 19.1 Å². The standard InChI is InChI=1S/C21H20N2O4/c1-26-18-4-3-11-8-17-13-9-15-14(20(24)22-21(15)25)7-12(13)5-6-23(17)10-16(11)19(18)27-2/h3-4,7,9,17H,5-6,8,10H2,1-2H3,(H,22,24,25). The maximum atomic E-state index is 12.1. The van der Waals surface area contributed by atoms with Crippen molar-refractivity contribution in [2.45, 2.75) is 25.4 Å². The molecule has 1 N–H and O–H groups in total. The maximum absolute atomic E-state index is 12.1. The van der Waals surface area contributed by atoms with E-state index in [-0.39, 0.29) is 17.9 Å². The molecule has 1 unspecified atom stereocenters. The van der Waals surface area contributed by atoms with Crippen LogP contribution in [0.3, 0.4) is 0 Å². The van der Waals surface area contributed by atoms with Gasteiger partial charge < -0.3 is 9.47 Å². The van der Waals surface area contributed by atoms with Crippen LogP contribution in [0, 0.1) is 0 Å². The first-order chi connectivity index (χ1) is 13.1. The van der Waals surface area contributed by atoms with Crippen LogP contribution in [-0.4, -0.2) is 37.5 Å². The Kier molecular flexibility index (Phi) is 3.52. The average molecular weight is 364 g/mol. The van der Waals surface area contributed by atoms with Crippen molar-refractivity contribution in [3.8, 4) is 11.5 Å². The van der Waals surface area contributed by atoms with Crippen LogP contribution in [0.1, 0.15) is 49.0 Å². The van der Waals surface area contributed by atoms with E-state index < -0.39 is 0 Å². The van der Waals surface area contributed by atoms with Crippen molar-refractivity contribution in [1.82, 2.24) is 10.2 Å². The predicted octanol–water partition coefficient (Wildman–Crippen LogP) is 2.24. The van der Waals surface area contributed by atoms with Gasteiger partial charge in [0.15, 0.2) is 11.5 Å². The fourth-order valence-corrected chi connectivity index (χ4v) is 4.65. The van der Waals surface area contributed by atoms with Gasteiger partial charge in [0.05, 0.1) is 25.3 Å². The van der Waals surface area contributed by atoms with Crippen molar-refractivity contribution in [2.24, 2.45) is 0 Å². The third-order valence-corrected chi connectivity index (χ3v) is 5.98. The highest BCUT2D eigenvalue weighted by molar-refractivity contribution is 6.21. The zero-order valence-electron chi connectivity index (χ0n) is 15.3. The predicted molar refractivity (Wildman–Crippen MR) is 98.3 cm³/mol. The second-order valence-corrected chi connectivity index (χ2v) is 7.26. The van der Waals surface area contributed by atoms with E-state index in [4.69, 9.17) is 9.47 Å². The van der Waals surface area contributed by atoms with Crippen LogP contribution >= 0.6 is 0 Å². The van der Waals surface area contributed by atoms with Crippen LogP contribution in [0.4, 0.5) is 0 Å². The molecule has 5 rings (SSSR count). The van der Waals surface area contributed by atoms with E-state index >= 15 is 0 Å². The Morgan fingerprint density at radius 3 is 2.56 bits per heavy atom. The van der Waals surface area contributed by atoms with Gasteiger partial charge in [-0.05, 0) is 47.7 Å². The number of carbonyl (C=O) groups excluding carboxylic acids is 2. The molecule has 138 valence electrons. The van der Waals surface area contributed by atoms with E-state index in [1.54, 1.807) is 14.2 Å². The summed E-state index contributed by atoms with van der Waals surface area (Å²) in [5.41, 5.74) is 5.75. The summed E-state index contributed by atoms with van der Waals surface area (Å²) >= 11 is 0. The molecule has 2 aromatic rings. The number of benzene rings is 2. The number of imide groups is 1. The molecule has 0 saturated heterocycles. The van der Waals surface area contributed by atoms with Crippen molar-refractivity contribution in [3.63, 3.8) is 0 Å². The molecule has 0 saturated carbocycles. The van der Waals surface area contributed by atoms with Gasteiger partial charge in [0.1, 0.15) is 0 Å². The molecule has 6 heteroatoms. The molecular formula is C21H20N2O4. The number of nitrogens with zero attached hydrogens (tertiary/aromatic N) is 1. The first-order valence-electron chi connectivity index (χ1n) is 9.10. The molecule has 0 radical (unpaired) electrons. The number of hydrogen-bond acceptors (Lipinski definition) is 5. The van der Waals surface area contributed by atoms with Crippen LogP contribution in [-0.2, 0) is 19.4 Å². The van der Waals surface area contributed by atoms with Crippen molar-refractivity contribution in [2.75, 3.05) is 20.8 Å². The van der Waals surface area contributed by atoms with E-state index in [9.17, 15) is 9.59 Å². The van der Waals surface area contributed by atoms with Gasteiger partial charge in [0.2, 0.25) is 0 Å². The number of fused-ring (bicyclic) bond motifs is 5. The fourth-order valence-electron chi connectivity index (χ4n) is 4.65. The van der Waals surface area contributed by atoms with Gasteiger partial charge in [-0.25, -0.2) is 0 Å². The van der Waals surface area contributed by atoms with Gasteiger partial charge in [-0.2, -0.15) is 0 Å². The number of ether oxygens (including phenoxy) is 2. The Hall–Kier alpha value is -2.86. The maximum Gasteiger partial charge on any atom is 0.258 e. The van der Waals surface area contributed by atoms with E-state index in [2.05, 4.69) is 16.3 Å². The summed E-state index contributed by atoms with van der Waals surface area (Å²) in [4.78, 5) is 26.5. The smallest absolute Gasteiger partial charge is 0.258 e. The molecule has 1 atom stereocenters. The highest BCUT2D eigenvalue weighted by Gasteiger charge is 2.37. The molecule has 27 heavy (non-hydrogen) atoms.